The quantitative estimate of drug-likeness (QED) is 0.829. The van der Waals surface area contributed by atoms with Gasteiger partial charge in [0, 0.05) is 70.7 Å². The third-order valence-corrected chi connectivity index (χ3v) is 4.72. The van der Waals surface area contributed by atoms with Crippen molar-refractivity contribution in [2.75, 3.05) is 32.2 Å². The van der Waals surface area contributed by atoms with Crippen molar-refractivity contribution in [3.05, 3.63) is 36.2 Å². The maximum atomic E-state index is 5.54. The zero-order valence-corrected chi connectivity index (χ0v) is 15.4. The first-order chi connectivity index (χ1) is 12.2. The van der Waals surface area contributed by atoms with E-state index in [1.165, 1.54) is 0 Å². The topological polar surface area (TPSA) is 68.1 Å². The first-order valence-corrected chi connectivity index (χ1v) is 8.99. The summed E-state index contributed by atoms with van der Waals surface area (Å²) in [6, 6.07) is 0.215. The summed E-state index contributed by atoms with van der Waals surface area (Å²) in [6.45, 7) is 5.47. The van der Waals surface area contributed by atoms with Gasteiger partial charge in [-0.15, -0.1) is 0 Å². The Hall–Kier alpha value is -1.99. The lowest BCUT2D eigenvalue weighted by atomic mass is 9.91. The van der Waals surface area contributed by atoms with E-state index in [1.54, 1.807) is 0 Å². The first kappa shape index (κ1) is 17.8. The van der Waals surface area contributed by atoms with E-state index in [-0.39, 0.29) is 6.04 Å². The van der Waals surface area contributed by atoms with Gasteiger partial charge in [-0.2, -0.15) is 0 Å². The van der Waals surface area contributed by atoms with Crippen LogP contribution in [-0.2, 0) is 17.8 Å². The van der Waals surface area contributed by atoms with Crippen molar-refractivity contribution in [3.8, 4) is 0 Å². The van der Waals surface area contributed by atoms with E-state index in [0.29, 0.717) is 5.92 Å². The molecule has 7 heteroatoms. The number of nitrogens with one attached hydrogen (secondary N) is 1. The van der Waals surface area contributed by atoms with Crippen molar-refractivity contribution in [3.63, 3.8) is 0 Å². The molecule has 1 saturated heterocycles. The summed E-state index contributed by atoms with van der Waals surface area (Å²) in [5, 5.41) is 3.70. The summed E-state index contributed by atoms with van der Waals surface area (Å²) >= 11 is 0. The molecule has 1 fully saturated rings. The zero-order chi connectivity index (χ0) is 17.6. The minimum absolute atomic E-state index is 0.215. The van der Waals surface area contributed by atoms with Gasteiger partial charge < -0.3 is 19.5 Å². The molecule has 0 bridgehead atoms. The van der Waals surface area contributed by atoms with E-state index in [2.05, 4.69) is 38.0 Å². The number of hydrogen-bond donors (Lipinski definition) is 1. The highest BCUT2D eigenvalue weighted by atomic mass is 16.5. The fraction of sp³-hybridized carbons (Fsp3) is 0.611. The molecule has 1 N–H and O–H groups in total. The number of hydrogen-bond acceptors (Lipinski definition) is 6. The van der Waals surface area contributed by atoms with Gasteiger partial charge in [-0.05, 0) is 25.7 Å². The Morgan fingerprint density at radius 3 is 2.60 bits per heavy atom. The van der Waals surface area contributed by atoms with Crippen LogP contribution in [0.1, 0.15) is 37.2 Å². The molecule has 136 valence electrons. The summed E-state index contributed by atoms with van der Waals surface area (Å²) in [5.74, 6) is 2.37. The third-order valence-electron chi connectivity index (χ3n) is 4.72. The molecule has 0 radical (unpaired) electrons. The molecule has 2 aromatic heterocycles. The van der Waals surface area contributed by atoms with E-state index < -0.39 is 0 Å². The fourth-order valence-corrected chi connectivity index (χ4v) is 3.28. The summed E-state index contributed by atoms with van der Waals surface area (Å²) in [6.07, 6.45) is 9.85. The van der Waals surface area contributed by atoms with Gasteiger partial charge in [-0.25, -0.2) is 15.0 Å². The molecule has 0 amide bonds. The van der Waals surface area contributed by atoms with Gasteiger partial charge >= 0.3 is 0 Å². The van der Waals surface area contributed by atoms with Crippen LogP contribution in [0, 0.1) is 5.92 Å². The molecule has 0 spiro atoms. The molecule has 3 heterocycles. The van der Waals surface area contributed by atoms with Crippen LogP contribution in [0.4, 0.5) is 5.95 Å². The summed E-state index contributed by atoms with van der Waals surface area (Å²) < 4.78 is 7.76. The molecule has 25 heavy (non-hydrogen) atoms. The predicted octanol–water partition coefficient (Wildman–Crippen LogP) is 2.02. The smallest absolute Gasteiger partial charge is 0.224 e. The minimum atomic E-state index is 0.215. The van der Waals surface area contributed by atoms with Crippen molar-refractivity contribution in [1.29, 1.82) is 0 Å². The monoisotopic (exact) mass is 344 g/mol. The van der Waals surface area contributed by atoms with Gasteiger partial charge in [0.05, 0.1) is 6.04 Å². The van der Waals surface area contributed by atoms with E-state index in [0.717, 1.165) is 56.5 Å². The molecular weight excluding hydrogens is 316 g/mol. The van der Waals surface area contributed by atoms with Crippen LogP contribution >= 0.6 is 0 Å². The predicted molar refractivity (Wildman–Crippen MR) is 97.4 cm³/mol. The number of rotatable bonds is 7. The summed E-state index contributed by atoms with van der Waals surface area (Å²) in [7, 11) is 3.89. The number of ether oxygens (including phenoxy) is 1. The van der Waals surface area contributed by atoms with Gasteiger partial charge in [-0.3, -0.25) is 0 Å². The maximum Gasteiger partial charge on any atom is 0.224 e. The highest BCUT2D eigenvalue weighted by Crippen LogP contribution is 2.29. The average molecular weight is 344 g/mol. The van der Waals surface area contributed by atoms with Crippen LogP contribution in [0.5, 0.6) is 0 Å². The van der Waals surface area contributed by atoms with Gasteiger partial charge in [0.15, 0.2) is 0 Å². The van der Waals surface area contributed by atoms with Crippen LogP contribution < -0.4 is 10.2 Å². The Morgan fingerprint density at radius 2 is 1.96 bits per heavy atom. The van der Waals surface area contributed by atoms with Crippen molar-refractivity contribution in [2.45, 2.75) is 38.9 Å². The molecule has 1 unspecified atom stereocenters. The molecule has 0 aromatic carbocycles. The Bertz CT molecular complexity index is 648. The molecule has 7 nitrogen and oxygen atoms in total. The minimum Gasteiger partial charge on any atom is -0.381 e. The molecule has 1 aliphatic rings. The van der Waals surface area contributed by atoms with Gasteiger partial charge in [0.25, 0.3) is 0 Å². The zero-order valence-electron chi connectivity index (χ0n) is 15.4. The standard InChI is InChI=1S/C18H28N6O/c1-4-24-8-7-19-17(24)16(15-5-9-25-10-6-15)20-11-14-12-21-18(22-13-14)23(2)3/h7-8,12-13,15-16,20H,4-6,9-11H2,1-3H3. The van der Waals surface area contributed by atoms with E-state index >= 15 is 0 Å². The van der Waals surface area contributed by atoms with E-state index in [9.17, 15) is 0 Å². The molecule has 1 aliphatic heterocycles. The van der Waals surface area contributed by atoms with Crippen LogP contribution in [0.25, 0.3) is 0 Å². The Morgan fingerprint density at radius 1 is 1.24 bits per heavy atom. The second kappa shape index (κ2) is 8.40. The second-order valence-corrected chi connectivity index (χ2v) is 6.67. The average Bonchev–Trinajstić information content (AvgIpc) is 3.12. The number of anilines is 1. The van der Waals surface area contributed by atoms with Crippen molar-refractivity contribution >= 4 is 5.95 Å². The number of imidazole rings is 1. The van der Waals surface area contributed by atoms with Crippen LogP contribution in [0.2, 0.25) is 0 Å². The lowest BCUT2D eigenvalue weighted by Gasteiger charge is -2.31. The van der Waals surface area contributed by atoms with Gasteiger partial charge in [0.1, 0.15) is 5.82 Å². The van der Waals surface area contributed by atoms with Crippen LogP contribution in [0.3, 0.4) is 0 Å². The lowest BCUT2D eigenvalue weighted by molar-refractivity contribution is 0.0517. The number of nitrogens with zero attached hydrogens (tertiary/aromatic N) is 5. The van der Waals surface area contributed by atoms with E-state index in [1.807, 2.05) is 37.6 Å². The Kier molecular flexibility index (Phi) is 5.99. The highest BCUT2D eigenvalue weighted by molar-refractivity contribution is 5.26. The van der Waals surface area contributed by atoms with Crippen molar-refractivity contribution in [2.24, 2.45) is 5.92 Å². The third kappa shape index (κ3) is 4.35. The maximum absolute atomic E-state index is 5.54. The van der Waals surface area contributed by atoms with Crippen molar-refractivity contribution in [1.82, 2.24) is 24.8 Å². The van der Waals surface area contributed by atoms with Gasteiger partial charge in [-0.1, -0.05) is 0 Å². The van der Waals surface area contributed by atoms with Crippen molar-refractivity contribution < 1.29 is 4.74 Å². The normalized spacial score (nSPS) is 16.8. The van der Waals surface area contributed by atoms with E-state index in [4.69, 9.17) is 4.74 Å². The molecule has 3 rings (SSSR count). The fourth-order valence-electron chi connectivity index (χ4n) is 3.28. The number of aryl methyl sites for hydroxylation is 1. The van der Waals surface area contributed by atoms with Gasteiger partial charge in [0.2, 0.25) is 5.95 Å². The SMILES string of the molecule is CCn1ccnc1C(NCc1cnc(N(C)C)nc1)C1CCOCC1. The van der Waals surface area contributed by atoms with Crippen LogP contribution in [-0.4, -0.2) is 46.8 Å². The Labute approximate surface area is 149 Å². The first-order valence-electron chi connectivity index (χ1n) is 8.99. The summed E-state index contributed by atoms with van der Waals surface area (Å²) in [5.41, 5.74) is 1.08. The molecule has 2 aromatic rings. The molecular formula is C18H28N6O. The van der Waals surface area contributed by atoms with Crippen LogP contribution in [0.15, 0.2) is 24.8 Å². The largest absolute Gasteiger partial charge is 0.381 e. The summed E-state index contributed by atoms with van der Waals surface area (Å²) in [4.78, 5) is 15.3. The molecule has 1 atom stereocenters. The molecule has 0 aliphatic carbocycles. The highest BCUT2D eigenvalue weighted by Gasteiger charge is 2.28. The Balaban J connectivity index is 1.73. The lowest BCUT2D eigenvalue weighted by Crippen LogP contribution is -2.34. The number of aromatic nitrogens is 4. The molecule has 0 saturated carbocycles. The second-order valence-electron chi connectivity index (χ2n) is 6.67.